The van der Waals surface area contributed by atoms with Gasteiger partial charge >= 0.3 is 0 Å². The first kappa shape index (κ1) is 11.7. The maximum absolute atomic E-state index is 11.9. The highest BCUT2D eigenvalue weighted by Crippen LogP contribution is 2.18. The Morgan fingerprint density at radius 1 is 1.33 bits per heavy atom. The van der Waals surface area contributed by atoms with E-state index < -0.39 is 15.1 Å². The first-order chi connectivity index (χ1) is 7.12. The molecule has 3 nitrogen and oxygen atoms in total. The van der Waals surface area contributed by atoms with Gasteiger partial charge in [0.05, 0.1) is 11.0 Å². The Hall–Kier alpha value is -1.34. The van der Waals surface area contributed by atoms with Gasteiger partial charge in [0, 0.05) is 0 Å². The molecule has 0 saturated heterocycles. The maximum Gasteiger partial charge on any atom is 0.194 e. The molecule has 0 aliphatic heterocycles. The van der Waals surface area contributed by atoms with E-state index in [1.54, 1.807) is 18.2 Å². The SMILES string of the molecule is CCCC(C#N)S(=O)(=O)c1ccccc1. The summed E-state index contributed by atoms with van der Waals surface area (Å²) in [4.78, 5) is 0.227. The minimum absolute atomic E-state index is 0.227. The van der Waals surface area contributed by atoms with Crippen molar-refractivity contribution in [3.63, 3.8) is 0 Å². The van der Waals surface area contributed by atoms with E-state index >= 15 is 0 Å². The number of nitriles is 1. The molecule has 0 radical (unpaired) electrons. The lowest BCUT2D eigenvalue weighted by Gasteiger charge is -2.08. The normalized spacial score (nSPS) is 13.1. The zero-order valence-corrected chi connectivity index (χ0v) is 9.37. The van der Waals surface area contributed by atoms with E-state index in [2.05, 4.69) is 0 Å². The molecule has 0 aromatic heterocycles. The van der Waals surface area contributed by atoms with Crippen molar-refractivity contribution in [2.75, 3.05) is 0 Å². The van der Waals surface area contributed by atoms with Crippen molar-refractivity contribution in [3.8, 4) is 6.07 Å². The van der Waals surface area contributed by atoms with Crippen molar-refractivity contribution in [1.82, 2.24) is 0 Å². The fraction of sp³-hybridized carbons (Fsp3) is 0.364. The molecular weight excluding hydrogens is 210 g/mol. The van der Waals surface area contributed by atoms with Crippen LogP contribution in [0.2, 0.25) is 0 Å². The summed E-state index contributed by atoms with van der Waals surface area (Å²) >= 11 is 0. The highest BCUT2D eigenvalue weighted by atomic mass is 32.2. The number of nitrogens with zero attached hydrogens (tertiary/aromatic N) is 1. The summed E-state index contributed by atoms with van der Waals surface area (Å²) in [5, 5.41) is 7.90. The number of sulfone groups is 1. The lowest BCUT2D eigenvalue weighted by molar-refractivity contribution is 0.584. The average Bonchev–Trinajstić information content (AvgIpc) is 2.27. The molecule has 0 bridgehead atoms. The van der Waals surface area contributed by atoms with Crippen molar-refractivity contribution in [1.29, 1.82) is 5.26 Å². The van der Waals surface area contributed by atoms with Gasteiger partial charge in [-0.05, 0) is 18.6 Å². The monoisotopic (exact) mass is 223 g/mol. The van der Waals surface area contributed by atoms with E-state index in [0.717, 1.165) is 0 Å². The van der Waals surface area contributed by atoms with Gasteiger partial charge in [-0.1, -0.05) is 31.5 Å². The van der Waals surface area contributed by atoms with E-state index in [9.17, 15) is 8.42 Å². The Labute approximate surface area is 90.3 Å². The second-order valence-electron chi connectivity index (χ2n) is 3.26. The van der Waals surface area contributed by atoms with Crippen molar-refractivity contribution >= 4 is 9.84 Å². The molecule has 0 saturated carbocycles. The van der Waals surface area contributed by atoms with Crippen LogP contribution < -0.4 is 0 Å². The fourth-order valence-electron chi connectivity index (χ4n) is 1.33. The van der Waals surface area contributed by atoms with E-state index in [1.807, 2.05) is 13.0 Å². The van der Waals surface area contributed by atoms with Crippen LogP contribution in [0.4, 0.5) is 0 Å². The Morgan fingerprint density at radius 3 is 2.40 bits per heavy atom. The van der Waals surface area contributed by atoms with Gasteiger partial charge < -0.3 is 0 Å². The Morgan fingerprint density at radius 2 is 1.93 bits per heavy atom. The zero-order chi connectivity index (χ0) is 11.3. The molecule has 0 aliphatic carbocycles. The van der Waals surface area contributed by atoms with Crippen LogP contribution in [0.25, 0.3) is 0 Å². The van der Waals surface area contributed by atoms with Crippen LogP contribution in [-0.2, 0) is 9.84 Å². The van der Waals surface area contributed by atoms with Crippen LogP contribution in [0.3, 0.4) is 0 Å². The van der Waals surface area contributed by atoms with Gasteiger partial charge in [-0.25, -0.2) is 8.42 Å². The smallest absolute Gasteiger partial charge is 0.194 e. The number of rotatable bonds is 4. The van der Waals surface area contributed by atoms with E-state index in [0.29, 0.717) is 12.8 Å². The Balaban J connectivity index is 3.08. The summed E-state index contributed by atoms with van der Waals surface area (Å²) in [6.45, 7) is 1.87. The maximum atomic E-state index is 11.9. The molecule has 1 aromatic rings. The van der Waals surface area contributed by atoms with Gasteiger partial charge in [0.2, 0.25) is 0 Å². The van der Waals surface area contributed by atoms with Gasteiger partial charge in [0.1, 0.15) is 0 Å². The van der Waals surface area contributed by atoms with Crippen LogP contribution in [-0.4, -0.2) is 13.7 Å². The molecule has 0 amide bonds. The van der Waals surface area contributed by atoms with E-state index in [1.165, 1.54) is 12.1 Å². The van der Waals surface area contributed by atoms with Crippen LogP contribution in [0, 0.1) is 11.3 Å². The summed E-state index contributed by atoms with van der Waals surface area (Å²) in [5.74, 6) is 0. The Bertz CT molecular complexity index is 445. The van der Waals surface area contributed by atoms with Crippen molar-refractivity contribution in [2.24, 2.45) is 0 Å². The fourth-order valence-corrected chi connectivity index (χ4v) is 2.88. The molecular formula is C11H13NO2S. The molecule has 1 atom stereocenters. The number of benzene rings is 1. The summed E-state index contributed by atoms with van der Waals surface area (Å²) in [7, 11) is -3.47. The topological polar surface area (TPSA) is 57.9 Å². The molecule has 0 spiro atoms. The quantitative estimate of drug-likeness (QED) is 0.785. The highest BCUT2D eigenvalue weighted by molar-refractivity contribution is 7.92. The van der Waals surface area contributed by atoms with Gasteiger partial charge in [-0.3, -0.25) is 0 Å². The molecule has 0 aliphatic rings. The van der Waals surface area contributed by atoms with E-state index in [-0.39, 0.29) is 4.90 Å². The number of hydrogen-bond acceptors (Lipinski definition) is 3. The summed E-state index contributed by atoms with van der Waals surface area (Å²) < 4.78 is 23.9. The van der Waals surface area contributed by atoms with Gasteiger partial charge in [0.15, 0.2) is 15.1 Å². The van der Waals surface area contributed by atoms with Crippen LogP contribution in [0.1, 0.15) is 19.8 Å². The molecule has 0 heterocycles. The number of hydrogen-bond donors (Lipinski definition) is 0. The minimum atomic E-state index is -3.47. The third-order valence-corrected chi connectivity index (χ3v) is 4.16. The second kappa shape index (κ2) is 4.94. The lowest BCUT2D eigenvalue weighted by Crippen LogP contribution is -2.19. The summed E-state index contributed by atoms with van der Waals surface area (Å²) in [6, 6.07) is 9.97. The summed E-state index contributed by atoms with van der Waals surface area (Å²) in [6.07, 6.45) is 1.07. The van der Waals surface area contributed by atoms with Crippen molar-refractivity contribution in [2.45, 2.75) is 29.9 Å². The second-order valence-corrected chi connectivity index (χ2v) is 5.39. The van der Waals surface area contributed by atoms with Crippen molar-refractivity contribution < 1.29 is 8.42 Å². The molecule has 1 aromatic carbocycles. The highest BCUT2D eigenvalue weighted by Gasteiger charge is 2.25. The third kappa shape index (κ3) is 2.57. The first-order valence-corrected chi connectivity index (χ1v) is 6.36. The average molecular weight is 223 g/mol. The predicted molar refractivity (Wildman–Crippen MR) is 57.9 cm³/mol. The lowest BCUT2D eigenvalue weighted by atomic mass is 10.3. The largest absolute Gasteiger partial charge is 0.222 e. The van der Waals surface area contributed by atoms with Crippen LogP contribution >= 0.6 is 0 Å². The molecule has 4 heteroatoms. The van der Waals surface area contributed by atoms with Gasteiger partial charge in [0.25, 0.3) is 0 Å². The van der Waals surface area contributed by atoms with Crippen molar-refractivity contribution in [3.05, 3.63) is 30.3 Å². The summed E-state index contributed by atoms with van der Waals surface area (Å²) in [5.41, 5.74) is 0. The molecule has 1 rings (SSSR count). The minimum Gasteiger partial charge on any atom is -0.222 e. The molecule has 15 heavy (non-hydrogen) atoms. The first-order valence-electron chi connectivity index (χ1n) is 4.81. The third-order valence-electron chi connectivity index (χ3n) is 2.14. The van der Waals surface area contributed by atoms with Crippen LogP contribution in [0.5, 0.6) is 0 Å². The molecule has 80 valence electrons. The van der Waals surface area contributed by atoms with Crippen LogP contribution in [0.15, 0.2) is 35.2 Å². The standard InChI is InChI=1S/C11H13NO2S/c1-2-6-11(9-12)15(13,14)10-7-4-3-5-8-10/h3-5,7-8,11H,2,6H2,1H3. The molecule has 1 unspecified atom stereocenters. The Kier molecular flexibility index (Phi) is 3.87. The van der Waals surface area contributed by atoms with Gasteiger partial charge in [-0.15, -0.1) is 0 Å². The van der Waals surface area contributed by atoms with Gasteiger partial charge in [-0.2, -0.15) is 5.26 Å². The zero-order valence-electron chi connectivity index (χ0n) is 8.55. The van der Waals surface area contributed by atoms with E-state index in [4.69, 9.17) is 5.26 Å². The molecule has 0 N–H and O–H groups in total. The predicted octanol–water partition coefficient (Wildman–Crippen LogP) is 2.15. The molecule has 0 fully saturated rings.